The molecule has 0 atom stereocenters. The zero-order valence-corrected chi connectivity index (χ0v) is 19.2. The van der Waals surface area contributed by atoms with Crippen molar-refractivity contribution in [2.45, 2.75) is 13.0 Å². The number of ether oxygens (including phenoxy) is 3. The van der Waals surface area contributed by atoms with E-state index in [-0.39, 0.29) is 5.76 Å². The van der Waals surface area contributed by atoms with E-state index in [0.29, 0.717) is 22.6 Å². The molecular formula is C27H25NO6. The highest BCUT2D eigenvalue weighted by Crippen LogP contribution is 2.27. The lowest BCUT2D eigenvalue weighted by Crippen LogP contribution is -2.33. The van der Waals surface area contributed by atoms with E-state index in [1.165, 1.54) is 0 Å². The summed E-state index contributed by atoms with van der Waals surface area (Å²) in [6.45, 7) is 1.34. The summed E-state index contributed by atoms with van der Waals surface area (Å²) in [6, 6.07) is 21.7. The summed E-state index contributed by atoms with van der Waals surface area (Å²) in [4.78, 5) is 25.4. The highest BCUT2D eigenvalue weighted by Gasteiger charge is 2.22. The number of methoxy groups -OCH3 is 2. The van der Waals surface area contributed by atoms with E-state index in [0.717, 1.165) is 16.5 Å². The zero-order valence-electron chi connectivity index (χ0n) is 19.2. The SMILES string of the molecule is COc1ccc(C(NC(=O)COC(=O)c2oc3ccccc3c2C)c2ccc(OC)cc2)cc1. The van der Waals surface area contributed by atoms with Gasteiger partial charge < -0.3 is 23.9 Å². The highest BCUT2D eigenvalue weighted by molar-refractivity contribution is 5.96. The number of para-hydroxylation sites is 1. The average molecular weight is 459 g/mol. The van der Waals surface area contributed by atoms with Gasteiger partial charge in [-0.3, -0.25) is 4.79 Å². The maximum atomic E-state index is 12.8. The number of hydrogen-bond acceptors (Lipinski definition) is 6. The summed E-state index contributed by atoms with van der Waals surface area (Å²) < 4.78 is 21.4. The van der Waals surface area contributed by atoms with Gasteiger partial charge in [-0.25, -0.2) is 4.79 Å². The van der Waals surface area contributed by atoms with Crippen LogP contribution in [0.4, 0.5) is 0 Å². The zero-order chi connectivity index (χ0) is 24.1. The van der Waals surface area contributed by atoms with Gasteiger partial charge in [-0.05, 0) is 48.4 Å². The van der Waals surface area contributed by atoms with Crippen LogP contribution in [0.3, 0.4) is 0 Å². The number of hydrogen-bond donors (Lipinski definition) is 1. The van der Waals surface area contributed by atoms with Crippen LogP contribution in [0.15, 0.2) is 77.2 Å². The first-order valence-corrected chi connectivity index (χ1v) is 10.7. The van der Waals surface area contributed by atoms with E-state index >= 15 is 0 Å². The number of carbonyl (C=O) groups is 2. The van der Waals surface area contributed by atoms with E-state index in [1.807, 2.05) is 66.7 Å². The Hall–Kier alpha value is -4.26. The summed E-state index contributed by atoms with van der Waals surface area (Å²) in [6.07, 6.45) is 0. The molecule has 3 aromatic carbocycles. The molecule has 174 valence electrons. The van der Waals surface area contributed by atoms with E-state index in [4.69, 9.17) is 18.6 Å². The first kappa shape index (κ1) is 22.9. The Kier molecular flexibility index (Phi) is 6.82. The molecule has 0 unspecified atom stereocenters. The Morgan fingerprint density at radius 1 is 0.853 bits per heavy atom. The van der Waals surface area contributed by atoms with Crippen molar-refractivity contribution in [3.8, 4) is 11.5 Å². The first-order chi connectivity index (χ1) is 16.5. The Balaban J connectivity index is 1.49. The van der Waals surface area contributed by atoms with Crippen LogP contribution < -0.4 is 14.8 Å². The normalized spacial score (nSPS) is 10.8. The predicted molar refractivity (Wildman–Crippen MR) is 127 cm³/mol. The molecule has 4 rings (SSSR count). The van der Waals surface area contributed by atoms with Crippen LogP contribution in [0, 0.1) is 6.92 Å². The van der Waals surface area contributed by atoms with Gasteiger partial charge in [0.15, 0.2) is 6.61 Å². The van der Waals surface area contributed by atoms with E-state index in [2.05, 4.69) is 5.32 Å². The van der Waals surface area contributed by atoms with Crippen molar-refractivity contribution in [1.82, 2.24) is 5.32 Å². The van der Waals surface area contributed by atoms with E-state index < -0.39 is 24.5 Å². The second-order valence-corrected chi connectivity index (χ2v) is 7.68. The van der Waals surface area contributed by atoms with Crippen LogP contribution in [0.5, 0.6) is 11.5 Å². The van der Waals surface area contributed by atoms with Gasteiger partial charge in [0.05, 0.1) is 20.3 Å². The number of fused-ring (bicyclic) bond motifs is 1. The molecule has 1 N–H and O–H groups in total. The average Bonchev–Trinajstić information content (AvgIpc) is 3.22. The minimum Gasteiger partial charge on any atom is -0.497 e. The number of aryl methyl sites for hydroxylation is 1. The maximum Gasteiger partial charge on any atom is 0.375 e. The van der Waals surface area contributed by atoms with Crippen molar-refractivity contribution in [3.05, 3.63) is 95.2 Å². The summed E-state index contributed by atoms with van der Waals surface area (Å²) in [5, 5.41) is 3.78. The Labute approximate surface area is 197 Å². The Bertz CT molecular complexity index is 1240. The largest absolute Gasteiger partial charge is 0.497 e. The van der Waals surface area contributed by atoms with Crippen molar-refractivity contribution in [1.29, 1.82) is 0 Å². The third-order valence-corrected chi connectivity index (χ3v) is 5.57. The molecule has 4 aromatic rings. The van der Waals surface area contributed by atoms with Gasteiger partial charge in [0.25, 0.3) is 5.91 Å². The fraction of sp³-hybridized carbons (Fsp3) is 0.185. The molecule has 0 aliphatic carbocycles. The Morgan fingerprint density at radius 2 is 1.41 bits per heavy atom. The lowest BCUT2D eigenvalue weighted by molar-refractivity contribution is -0.124. The van der Waals surface area contributed by atoms with Crippen LogP contribution in [0.1, 0.15) is 33.3 Å². The lowest BCUT2D eigenvalue weighted by atomic mass is 9.98. The van der Waals surface area contributed by atoms with Gasteiger partial charge in [0, 0.05) is 10.9 Å². The van der Waals surface area contributed by atoms with Crippen LogP contribution in [-0.2, 0) is 9.53 Å². The van der Waals surface area contributed by atoms with Gasteiger partial charge in [-0.2, -0.15) is 0 Å². The molecule has 7 heteroatoms. The maximum absolute atomic E-state index is 12.8. The van der Waals surface area contributed by atoms with Crippen LogP contribution in [0.25, 0.3) is 11.0 Å². The molecule has 0 radical (unpaired) electrons. The lowest BCUT2D eigenvalue weighted by Gasteiger charge is -2.20. The monoisotopic (exact) mass is 459 g/mol. The van der Waals surface area contributed by atoms with Crippen molar-refractivity contribution in [2.75, 3.05) is 20.8 Å². The van der Waals surface area contributed by atoms with Crippen LogP contribution in [-0.4, -0.2) is 32.7 Å². The third kappa shape index (κ3) is 4.88. The fourth-order valence-corrected chi connectivity index (χ4v) is 3.72. The van der Waals surface area contributed by atoms with Crippen LogP contribution >= 0.6 is 0 Å². The quantitative estimate of drug-likeness (QED) is 0.380. The smallest absolute Gasteiger partial charge is 0.375 e. The molecule has 1 aromatic heterocycles. The molecular weight excluding hydrogens is 434 g/mol. The van der Waals surface area contributed by atoms with Crippen molar-refractivity contribution in [2.24, 2.45) is 0 Å². The van der Waals surface area contributed by atoms with E-state index in [9.17, 15) is 9.59 Å². The number of rotatable bonds is 8. The molecule has 0 aliphatic rings. The molecule has 1 heterocycles. The highest BCUT2D eigenvalue weighted by atomic mass is 16.5. The van der Waals surface area contributed by atoms with Gasteiger partial charge in [0.1, 0.15) is 17.1 Å². The molecule has 0 saturated carbocycles. The fourth-order valence-electron chi connectivity index (χ4n) is 3.72. The number of benzene rings is 3. The van der Waals surface area contributed by atoms with Crippen molar-refractivity contribution in [3.63, 3.8) is 0 Å². The Morgan fingerprint density at radius 3 is 1.94 bits per heavy atom. The van der Waals surface area contributed by atoms with Crippen LogP contribution in [0.2, 0.25) is 0 Å². The van der Waals surface area contributed by atoms with E-state index in [1.54, 1.807) is 27.2 Å². The molecule has 0 saturated heterocycles. The van der Waals surface area contributed by atoms with Gasteiger partial charge >= 0.3 is 5.97 Å². The summed E-state index contributed by atoms with van der Waals surface area (Å²) in [5.41, 5.74) is 2.96. The topological polar surface area (TPSA) is 87.0 Å². The summed E-state index contributed by atoms with van der Waals surface area (Å²) >= 11 is 0. The molecule has 7 nitrogen and oxygen atoms in total. The number of furan rings is 1. The second-order valence-electron chi connectivity index (χ2n) is 7.68. The molecule has 0 bridgehead atoms. The molecule has 0 spiro atoms. The van der Waals surface area contributed by atoms with Crippen molar-refractivity contribution < 1.29 is 28.2 Å². The number of carbonyl (C=O) groups excluding carboxylic acids is 2. The third-order valence-electron chi connectivity index (χ3n) is 5.57. The number of esters is 1. The molecule has 34 heavy (non-hydrogen) atoms. The molecule has 0 fully saturated rings. The molecule has 0 aliphatic heterocycles. The minimum atomic E-state index is -0.686. The first-order valence-electron chi connectivity index (χ1n) is 10.7. The minimum absolute atomic E-state index is 0.0934. The molecule has 1 amide bonds. The van der Waals surface area contributed by atoms with Gasteiger partial charge in [-0.15, -0.1) is 0 Å². The number of amides is 1. The van der Waals surface area contributed by atoms with Crippen molar-refractivity contribution >= 4 is 22.8 Å². The predicted octanol–water partition coefficient (Wildman–Crippen LogP) is 4.82. The summed E-state index contributed by atoms with van der Waals surface area (Å²) in [5.74, 6) is 0.376. The van der Waals surface area contributed by atoms with Gasteiger partial charge in [0.2, 0.25) is 5.76 Å². The standard InChI is InChI=1S/C27H25NO6/c1-17-22-6-4-5-7-23(22)34-26(17)27(30)33-16-24(29)28-25(18-8-12-20(31-2)13-9-18)19-10-14-21(32-3)15-11-19/h4-15,25H,16H2,1-3H3,(H,28,29). The second kappa shape index (κ2) is 10.1. The summed E-state index contributed by atoms with van der Waals surface area (Å²) in [7, 11) is 3.19. The van der Waals surface area contributed by atoms with Gasteiger partial charge in [-0.1, -0.05) is 42.5 Å². The number of nitrogens with one attached hydrogen (secondary N) is 1.